The fraction of sp³-hybridized carbons (Fsp3) is 0.200. The van der Waals surface area contributed by atoms with E-state index in [1.807, 2.05) is 0 Å². The quantitative estimate of drug-likeness (QED) is 0.816. The maximum absolute atomic E-state index is 12.6. The molecule has 1 heterocycles. The van der Waals surface area contributed by atoms with E-state index in [2.05, 4.69) is 9.47 Å². The highest BCUT2D eigenvalue weighted by atomic mass is 19.3. The van der Waals surface area contributed by atoms with Crippen LogP contribution in [0.3, 0.4) is 0 Å². The van der Waals surface area contributed by atoms with Crippen LogP contribution in [-0.4, -0.2) is 12.8 Å². The summed E-state index contributed by atoms with van der Waals surface area (Å²) < 4.78 is 33.8. The molecule has 5 heteroatoms. The molecule has 0 saturated carbocycles. The molecule has 0 radical (unpaired) electrons. The number of alkyl halides is 2. The fourth-order valence-electron chi connectivity index (χ4n) is 1.27. The summed E-state index contributed by atoms with van der Waals surface area (Å²) in [6.45, 7) is 0.393. The zero-order valence-electron chi connectivity index (χ0n) is 7.74. The molecular formula is C10H9F2NO2. The molecular weight excluding hydrogens is 204 g/mol. The number of ether oxygens (including phenoxy) is 2. The van der Waals surface area contributed by atoms with Gasteiger partial charge in [0, 0.05) is 6.54 Å². The summed E-state index contributed by atoms with van der Waals surface area (Å²) >= 11 is 0. The Labute approximate surface area is 85.1 Å². The Bertz CT molecular complexity index is 404. The van der Waals surface area contributed by atoms with Crippen LogP contribution < -0.4 is 15.2 Å². The molecule has 0 unspecified atom stereocenters. The second kappa shape index (κ2) is 3.51. The van der Waals surface area contributed by atoms with Gasteiger partial charge in [0.25, 0.3) is 0 Å². The minimum absolute atomic E-state index is 0.0409. The van der Waals surface area contributed by atoms with Gasteiger partial charge in [-0.25, -0.2) is 0 Å². The molecule has 0 amide bonds. The first kappa shape index (κ1) is 9.92. The van der Waals surface area contributed by atoms with Crippen molar-refractivity contribution in [1.29, 1.82) is 0 Å². The number of hydrogen-bond donors (Lipinski definition) is 1. The van der Waals surface area contributed by atoms with Gasteiger partial charge in [-0.05, 0) is 17.7 Å². The summed E-state index contributed by atoms with van der Waals surface area (Å²) in [6.07, 6.45) is -0.117. The van der Waals surface area contributed by atoms with Gasteiger partial charge in [-0.3, -0.25) is 0 Å². The number of hydrogen-bond acceptors (Lipinski definition) is 3. The highest BCUT2D eigenvalue weighted by Crippen LogP contribution is 2.41. The van der Waals surface area contributed by atoms with Gasteiger partial charge in [-0.2, -0.15) is 0 Å². The third-order valence-electron chi connectivity index (χ3n) is 1.87. The van der Waals surface area contributed by atoms with Crippen molar-refractivity contribution in [1.82, 2.24) is 0 Å². The smallest absolute Gasteiger partial charge is 0.395 e. The highest BCUT2D eigenvalue weighted by Gasteiger charge is 2.43. The Morgan fingerprint density at radius 1 is 1.27 bits per heavy atom. The van der Waals surface area contributed by atoms with Crippen LogP contribution >= 0.6 is 0 Å². The average Bonchev–Trinajstić information content (AvgIpc) is 2.47. The molecule has 1 aromatic rings. The standard InChI is InChI=1S/C10H9F2NO2/c11-10(12)14-8-4-3-7(2-1-5-13)6-9(8)15-10/h1-4,6H,5,13H2/b2-1+. The minimum Gasteiger partial charge on any atom is -0.395 e. The second-order valence-corrected chi connectivity index (χ2v) is 3.01. The van der Waals surface area contributed by atoms with Crippen molar-refractivity contribution < 1.29 is 18.3 Å². The van der Waals surface area contributed by atoms with Gasteiger partial charge in [0.05, 0.1) is 0 Å². The molecule has 1 aromatic carbocycles. The molecule has 0 aromatic heterocycles. The average molecular weight is 213 g/mol. The highest BCUT2D eigenvalue weighted by molar-refractivity contribution is 5.56. The number of halogens is 2. The predicted molar refractivity (Wildman–Crippen MR) is 50.7 cm³/mol. The molecule has 15 heavy (non-hydrogen) atoms. The lowest BCUT2D eigenvalue weighted by molar-refractivity contribution is -0.286. The van der Waals surface area contributed by atoms with Crippen molar-refractivity contribution in [2.45, 2.75) is 6.29 Å². The number of benzene rings is 1. The third kappa shape index (κ3) is 2.07. The molecule has 0 spiro atoms. The normalized spacial score (nSPS) is 17.3. The minimum atomic E-state index is -3.56. The first-order valence-corrected chi connectivity index (χ1v) is 4.37. The van der Waals surface area contributed by atoms with Gasteiger partial charge in [0.2, 0.25) is 0 Å². The summed E-state index contributed by atoms with van der Waals surface area (Å²) in [5.41, 5.74) is 6.01. The summed E-state index contributed by atoms with van der Waals surface area (Å²) in [6, 6.07) is 4.56. The molecule has 2 N–H and O–H groups in total. The van der Waals surface area contributed by atoms with Crippen molar-refractivity contribution in [2.24, 2.45) is 5.73 Å². The van der Waals surface area contributed by atoms with Crippen LogP contribution in [0.5, 0.6) is 11.5 Å². The van der Waals surface area contributed by atoms with Gasteiger partial charge < -0.3 is 15.2 Å². The summed E-state index contributed by atoms with van der Waals surface area (Å²) in [4.78, 5) is 0. The lowest BCUT2D eigenvalue weighted by Crippen LogP contribution is -2.25. The van der Waals surface area contributed by atoms with Crippen LogP contribution in [0.25, 0.3) is 6.08 Å². The zero-order chi connectivity index (χ0) is 10.9. The first-order valence-electron chi connectivity index (χ1n) is 4.37. The van der Waals surface area contributed by atoms with E-state index in [9.17, 15) is 8.78 Å². The van der Waals surface area contributed by atoms with E-state index in [4.69, 9.17) is 5.73 Å². The van der Waals surface area contributed by atoms with Crippen LogP contribution in [0.1, 0.15) is 5.56 Å². The number of fused-ring (bicyclic) bond motifs is 1. The van der Waals surface area contributed by atoms with Crippen molar-refractivity contribution in [3.05, 3.63) is 29.8 Å². The van der Waals surface area contributed by atoms with Crippen LogP contribution in [0.15, 0.2) is 24.3 Å². The molecule has 1 aliphatic heterocycles. The van der Waals surface area contributed by atoms with Gasteiger partial charge >= 0.3 is 6.29 Å². The van der Waals surface area contributed by atoms with E-state index >= 15 is 0 Å². The summed E-state index contributed by atoms with van der Waals surface area (Å²) in [7, 11) is 0. The van der Waals surface area contributed by atoms with Crippen LogP contribution in [0.2, 0.25) is 0 Å². The molecule has 2 rings (SSSR count). The zero-order valence-corrected chi connectivity index (χ0v) is 7.74. The monoisotopic (exact) mass is 213 g/mol. The van der Waals surface area contributed by atoms with Gasteiger partial charge in [0.1, 0.15) is 0 Å². The SMILES string of the molecule is NC/C=C/c1ccc2c(c1)OC(F)(F)O2. The van der Waals surface area contributed by atoms with Crippen LogP contribution in [0.4, 0.5) is 8.78 Å². The van der Waals surface area contributed by atoms with Crippen LogP contribution in [-0.2, 0) is 0 Å². The second-order valence-electron chi connectivity index (χ2n) is 3.01. The molecule has 0 saturated heterocycles. The summed E-state index contributed by atoms with van der Waals surface area (Å²) in [5, 5.41) is 0. The lowest BCUT2D eigenvalue weighted by Gasteiger charge is -2.04. The Morgan fingerprint density at radius 2 is 2.00 bits per heavy atom. The molecule has 1 aliphatic rings. The molecule has 0 fully saturated rings. The Morgan fingerprint density at radius 3 is 2.73 bits per heavy atom. The van der Waals surface area contributed by atoms with Gasteiger partial charge in [0.15, 0.2) is 11.5 Å². The topological polar surface area (TPSA) is 44.5 Å². The van der Waals surface area contributed by atoms with Crippen molar-refractivity contribution >= 4 is 6.08 Å². The van der Waals surface area contributed by atoms with Gasteiger partial charge in [-0.1, -0.05) is 18.2 Å². The largest absolute Gasteiger partial charge is 0.586 e. The molecule has 0 bridgehead atoms. The Kier molecular flexibility index (Phi) is 2.32. The Hall–Kier alpha value is -1.62. The fourth-order valence-corrected chi connectivity index (χ4v) is 1.27. The molecule has 0 atom stereocenters. The summed E-state index contributed by atoms with van der Waals surface area (Å²) in [5.74, 6) is 0.0871. The molecule has 0 aliphatic carbocycles. The van der Waals surface area contributed by atoms with E-state index < -0.39 is 6.29 Å². The van der Waals surface area contributed by atoms with E-state index in [-0.39, 0.29) is 11.5 Å². The number of nitrogens with two attached hydrogens (primary N) is 1. The van der Waals surface area contributed by atoms with E-state index in [1.165, 1.54) is 12.1 Å². The van der Waals surface area contributed by atoms with E-state index in [1.54, 1.807) is 18.2 Å². The van der Waals surface area contributed by atoms with Crippen LogP contribution in [0, 0.1) is 0 Å². The van der Waals surface area contributed by atoms with Crippen molar-refractivity contribution in [3.63, 3.8) is 0 Å². The molecule has 80 valence electrons. The maximum Gasteiger partial charge on any atom is 0.586 e. The van der Waals surface area contributed by atoms with Gasteiger partial charge in [-0.15, -0.1) is 8.78 Å². The van der Waals surface area contributed by atoms with E-state index in [0.717, 1.165) is 5.56 Å². The number of rotatable bonds is 2. The third-order valence-corrected chi connectivity index (χ3v) is 1.87. The van der Waals surface area contributed by atoms with Crippen molar-refractivity contribution in [3.8, 4) is 11.5 Å². The predicted octanol–water partition coefficient (Wildman–Crippen LogP) is 1.98. The Balaban J connectivity index is 2.26. The van der Waals surface area contributed by atoms with E-state index in [0.29, 0.717) is 6.54 Å². The lowest BCUT2D eigenvalue weighted by atomic mass is 10.2. The molecule has 3 nitrogen and oxygen atoms in total. The van der Waals surface area contributed by atoms with Crippen molar-refractivity contribution in [2.75, 3.05) is 6.54 Å². The first-order chi connectivity index (χ1) is 7.11. The maximum atomic E-state index is 12.6.